The molecule has 2 aromatic rings. The maximum absolute atomic E-state index is 13.8. The summed E-state index contributed by atoms with van der Waals surface area (Å²) in [6, 6.07) is 6.81. The number of benzene rings is 1. The van der Waals surface area contributed by atoms with Gasteiger partial charge < -0.3 is 0 Å². The first-order valence-electron chi connectivity index (χ1n) is 6.94. The average Bonchev–Trinajstić information content (AvgIpc) is 2.90. The standard InChI is InChI=1S/C15H20ClFN4/c1-10(2)21-7-6-11(20-21)8-12(19-18)9-13-14(16)4-3-5-15(13)17/h3-7,10,12,19H,8-9,18H2,1-2H3. The third-order valence-corrected chi connectivity index (χ3v) is 3.75. The molecule has 0 radical (unpaired) electrons. The van der Waals surface area contributed by atoms with Gasteiger partial charge >= 0.3 is 0 Å². The van der Waals surface area contributed by atoms with Gasteiger partial charge in [-0.15, -0.1) is 0 Å². The van der Waals surface area contributed by atoms with E-state index in [4.69, 9.17) is 17.4 Å². The lowest BCUT2D eigenvalue weighted by atomic mass is 10.0. The van der Waals surface area contributed by atoms with Crippen molar-refractivity contribution in [2.75, 3.05) is 0 Å². The van der Waals surface area contributed by atoms with E-state index in [0.29, 0.717) is 29.5 Å². The molecule has 0 saturated carbocycles. The summed E-state index contributed by atoms with van der Waals surface area (Å²) >= 11 is 6.05. The predicted molar refractivity (Wildman–Crippen MR) is 82.5 cm³/mol. The van der Waals surface area contributed by atoms with Crippen LogP contribution in [0, 0.1) is 5.82 Å². The molecular formula is C15H20ClFN4. The van der Waals surface area contributed by atoms with Crippen molar-refractivity contribution in [1.82, 2.24) is 15.2 Å². The Hall–Kier alpha value is -1.43. The minimum Gasteiger partial charge on any atom is -0.271 e. The number of hydrogen-bond acceptors (Lipinski definition) is 3. The van der Waals surface area contributed by atoms with Crippen LogP contribution < -0.4 is 11.3 Å². The highest BCUT2D eigenvalue weighted by Crippen LogP contribution is 2.21. The van der Waals surface area contributed by atoms with Gasteiger partial charge in [0.05, 0.1) is 5.69 Å². The fourth-order valence-corrected chi connectivity index (χ4v) is 2.43. The minimum atomic E-state index is -0.310. The maximum atomic E-state index is 13.8. The van der Waals surface area contributed by atoms with Crippen LogP contribution in [0.3, 0.4) is 0 Å². The Morgan fingerprint density at radius 2 is 2.10 bits per heavy atom. The third-order valence-electron chi connectivity index (χ3n) is 3.40. The molecule has 0 bridgehead atoms. The zero-order chi connectivity index (χ0) is 15.4. The minimum absolute atomic E-state index is 0.130. The Bertz CT molecular complexity index is 577. The van der Waals surface area contributed by atoms with Crippen molar-refractivity contribution in [2.45, 2.75) is 38.8 Å². The van der Waals surface area contributed by atoms with Crippen LogP contribution in [0.25, 0.3) is 0 Å². The van der Waals surface area contributed by atoms with E-state index in [-0.39, 0.29) is 11.9 Å². The number of nitrogens with zero attached hydrogens (tertiary/aromatic N) is 2. The Morgan fingerprint density at radius 1 is 1.33 bits per heavy atom. The van der Waals surface area contributed by atoms with Crippen molar-refractivity contribution in [3.63, 3.8) is 0 Å². The number of rotatable bonds is 6. The van der Waals surface area contributed by atoms with Crippen LogP contribution in [0.5, 0.6) is 0 Å². The first-order chi connectivity index (χ1) is 10.0. The molecule has 3 N–H and O–H groups in total. The molecule has 4 nitrogen and oxygen atoms in total. The summed E-state index contributed by atoms with van der Waals surface area (Å²) < 4.78 is 15.7. The zero-order valence-electron chi connectivity index (χ0n) is 12.2. The fraction of sp³-hybridized carbons (Fsp3) is 0.400. The second kappa shape index (κ2) is 7.02. The van der Waals surface area contributed by atoms with Crippen molar-refractivity contribution >= 4 is 11.6 Å². The van der Waals surface area contributed by atoms with Crippen LogP contribution >= 0.6 is 11.6 Å². The van der Waals surface area contributed by atoms with E-state index in [1.807, 2.05) is 16.9 Å². The molecule has 1 unspecified atom stereocenters. The highest BCUT2D eigenvalue weighted by atomic mass is 35.5. The van der Waals surface area contributed by atoms with E-state index < -0.39 is 0 Å². The smallest absolute Gasteiger partial charge is 0.127 e. The molecule has 0 aliphatic carbocycles. The number of nitrogens with two attached hydrogens (primary N) is 1. The number of hydrazine groups is 1. The molecule has 0 spiro atoms. The van der Waals surface area contributed by atoms with Crippen molar-refractivity contribution in [3.05, 3.63) is 52.6 Å². The highest BCUT2D eigenvalue weighted by Gasteiger charge is 2.16. The zero-order valence-corrected chi connectivity index (χ0v) is 12.9. The lowest BCUT2D eigenvalue weighted by Gasteiger charge is -2.16. The van der Waals surface area contributed by atoms with E-state index in [0.717, 1.165) is 5.69 Å². The molecule has 114 valence electrons. The largest absolute Gasteiger partial charge is 0.271 e. The van der Waals surface area contributed by atoms with Crippen LogP contribution in [0.4, 0.5) is 4.39 Å². The van der Waals surface area contributed by atoms with Gasteiger partial charge in [-0.25, -0.2) is 4.39 Å². The van der Waals surface area contributed by atoms with Gasteiger partial charge in [-0.05, 0) is 38.5 Å². The van der Waals surface area contributed by atoms with E-state index in [1.165, 1.54) is 6.07 Å². The molecule has 0 saturated heterocycles. The van der Waals surface area contributed by atoms with Crippen LogP contribution in [0.2, 0.25) is 5.02 Å². The van der Waals surface area contributed by atoms with Gasteiger partial charge in [0, 0.05) is 35.3 Å². The van der Waals surface area contributed by atoms with Crippen LogP contribution in [-0.2, 0) is 12.8 Å². The van der Waals surface area contributed by atoms with Gasteiger partial charge in [0.25, 0.3) is 0 Å². The first-order valence-corrected chi connectivity index (χ1v) is 7.32. The summed E-state index contributed by atoms with van der Waals surface area (Å²) in [7, 11) is 0. The SMILES string of the molecule is CC(C)n1ccc(CC(Cc2c(F)cccc2Cl)NN)n1. The normalized spacial score (nSPS) is 12.9. The summed E-state index contributed by atoms with van der Waals surface area (Å²) in [6.07, 6.45) is 2.96. The molecule has 21 heavy (non-hydrogen) atoms. The van der Waals surface area contributed by atoms with E-state index in [1.54, 1.807) is 12.1 Å². The highest BCUT2D eigenvalue weighted by molar-refractivity contribution is 6.31. The van der Waals surface area contributed by atoms with E-state index >= 15 is 0 Å². The Balaban J connectivity index is 2.09. The fourth-order valence-electron chi connectivity index (χ4n) is 2.19. The molecule has 6 heteroatoms. The van der Waals surface area contributed by atoms with Gasteiger partial charge in [0.15, 0.2) is 0 Å². The van der Waals surface area contributed by atoms with Gasteiger partial charge in [0.1, 0.15) is 5.82 Å². The number of aromatic nitrogens is 2. The molecule has 1 heterocycles. The monoisotopic (exact) mass is 310 g/mol. The van der Waals surface area contributed by atoms with E-state index in [2.05, 4.69) is 24.4 Å². The van der Waals surface area contributed by atoms with Crippen molar-refractivity contribution in [3.8, 4) is 0 Å². The third kappa shape index (κ3) is 4.03. The molecule has 0 fully saturated rings. The van der Waals surface area contributed by atoms with Crippen molar-refractivity contribution < 1.29 is 4.39 Å². The maximum Gasteiger partial charge on any atom is 0.127 e. The molecule has 1 aromatic heterocycles. The van der Waals surface area contributed by atoms with Crippen molar-refractivity contribution in [2.24, 2.45) is 5.84 Å². The van der Waals surface area contributed by atoms with Gasteiger partial charge in [-0.2, -0.15) is 5.10 Å². The summed E-state index contributed by atoms with van der Waals surface area (Å²) in [5, 5.41) is 4.90. The Kier molecular flexibility index (Phi) is 5.33. The predicted octanol–water partition coefficient (Wildman–Crippen LogP) is 2.87. The molecule has 1 atom stereocenters. The second-order valence-corrected chi connectivity index (χ2v) is 5.76. The Labute approximate surface area is 129 Å². The number of halogens is 2. The van der Waals surface area contributed by atoms with Crippen LogP contribution in [0.15, 0.2) is 30.5 Å². The average molecular weight is 311 g/mol. The van der Waals surface area contributed by atoms with Gasteiger partial charge in [0.2, 0.25) is 0 Å². The lowest BCUT2D eigenvalue weighted by Crippen LogP contribution is -2.38. The summed E-state index contributed by atoms with van der Waals surface area (Å²) in [6.45, 7) is 4.13. The molecule has 0 amide bonds. The Morgan fingerprint density at radius 3 is 2.67 bits per heavy atom. The molecular weight excluding hydrogens is 291 g/mol. The van der Waals surface area contributed by atoms with Crippen LogP contribution in [0.1, 0.15) is 31.1 Å². The lowest BCUT2D eigenvalue weighted by molar-refractivity contribution is 0.487. The molecule has 0 aliphatic rings. The first kappa shape index (κ1) is 15.9. The quantitative estimate of drug-likeness (QED) is 0.637. The topological polar surface area (TPSA) is 55.9 Å². The number of nitrogens with one attached hydrogen (secondary N) is 1. The molecule has 0 aliphatic heterocycles. The molecule has 2 rings (SSSR count). The summed E-state index contributed by atoms with van der Waals surface area (Å²) in [5.41, 5.74) is 4.11. The van der Waals surface area contributed by atoms with Gasteiger partial charge in [-0.3, -0.25) is 16.0 Å². The van der Waals surface area contributed by atoms with Crippen molar-refractivity contribution in [1.29, 1.82) is 0 Å². The van der Waals surface area contributed by atoms with Crippen LogP contribution in [-0.4, -0.2) is 15.8 Å². The number of hydrogen-bond donors (Lipinski definition) is 2. The van der Waals surface area contributed by atoms with Gasteiger partial charge in [-0.1, -0.05) is 17.7 Å². The van der Waals surface area contributed by atoms with E-state index in [9.17, 15) is 4.39 Å². The second-order valence-electron chi connectivity index (χ2n) is 5.35. The summed E-state index contributed by atoms with van der Waals surface area (Å²) in [5.74, 6) is 5.28. The molecule has 1 aromatic carbocycles. The summed E-state index contributed by atoms with van der Waals surface area (Å²) in [4.78, 5) is 0.